The van der Waals surface area contributed by atoms with Crippen LogP contribution in [0.5, 0.6) is 11.5 Å². The highest BCUT2D eigenvalue weighted by Crippen LogP contribution is 2.21. The number of alkyl halides is 2. The minimum absolute atomic E-state index is 0.0731. The smallest absolute Gasteiger partial charge is 0.387 e. The molecule has 0 fully saturated rings. The number of halogens is 4. The van der Waals surface area contributed by atoms with Crippen molar-refractivity contribution in [1.82, 2.24) is 5.32 Å². The maximum atomic E-state index is 13.0. The van der Waals surface area contributed by atoms with Crippen molar-refractivity contribution in [2.45, 2.75) is 13.0 Å². The summed E-state index contributed by atoms with van der Waals surface area (Å²) in [5, 5.41) is 2.49. The number of carbonyl (C=O) groups excluding carboxylic acids is 1. The SMILES string of the molecule is O=C(COc1ccc(F)c(Cl)c1)NCCc1ccccc1OC(F)F. The zero-order valence-corrected chi connectivity index (χ0v) is 13.7. The standard InChI is InChI=1S/C17H15ClF3NO3/c18-13-9-12(5-6-14(13)19)24-10-16(23)22-8-7-11-3-1-2-4-15(11)25-17(20)21/h1-6,9,17H,7-8,10H2,(H,22,23). The van der Waals surface area contributed by atoms with Crippen molar-refractivity contribution in [3.8, 4) is 11.5 Å². The Morgan fingerprint density at radius 1 is 1.20 bits per heavy atom. The summed E-state index contributed by atoms with van der Waals surface area (Å²) in [5.41, 5.74) is 0.550. The van der Waals surface area contributed by atoms with E-state index in [0.717, 1.165) is 6.07 Å². The van der Waals surface area contributed by atoms with Gasteiger partial charge in [-0.3, -0.25) is 4.79 Å². The van der Waals surface area contributed by atoms with Gasteiger partial charge in [0.1, 0.15) is 17.3 Å². The van der Waals surface area contributed by atoms with Crippen LogP contribution in [0.4, 0.5) is 13.2 Å². The normalized spacial score (nSPS) is 10.6. The average Bonchev–Trinajstić information content (AvgIpc) is 2.57. The number of benzene rings is 2. The Hall–Kier alpha value is -2.41. The van der Waals surface area contributed by atoms with Crippen molar-refractivity contribution >= 4 is 17.5 Å². The van der Waals surface area contributed by atoms with E-state index in [1.54, 1.807) is 18.2 Å². The van der Waals surface area contributed by atoms with Crippen molar-refractivity contribution < 1.29 is 27.4 Å². The van der Waals surface area contributed by atoms with Gasteiger partial charge in [0.25, 0.3) is 5.91 Å². The summed E-state index contributed by atoms with van der Waals surface area (Å²) in [6, 6.07) is 10.1. The highest BCUT2D eigenvalue weighted by atomic mass is 35.5. The van der Waals surface area contributed by atoms with Crippen molar-refractivity contribution in [3.63, 3.8) is 0 Å². The fourth-order valence-corrected chi connectivity index (χ4v) is 2.19. The van der Waals surface area contributed by atoms with Crippen LogP contribution in [0.1, 0.15) is 5.56 Å². The molecule has 0 aliphatic heterocycles. The molecule has 0 unspecified atom stereocenters. The van der Waals surface area contributed by atoms with Crippen molar-refractivity contribution in [3.05, 3.63) is 58.9 Å². The van der Waals surface area contributed by atoms with Crippen molar-refractivity contribution in [2.24, 2.45) is 0 Å². The third-order valence-corrected chi connectivity index (χ3v) is 3.46. The van der Waals surface area contributed by atoms with Crippen molar-refractivity contribution in [2.75, 3.05) is 13.2 Å². The molecule has 134 valence electrons. The number of para-hydroxylation sites is 1. The first-order valence-electron chi connectivity index (χ1n) is 7.33. The number of hydrogen-bond donors (Lipinski definition) is 1. The maximum absolute atomic E-state index is 13.0. The van der Waals surface area contributed by atoms with E-state index < -0.39 is 18.3 Å². The first-order chi connectivity index (χ1) is 12.0. The molecule has 0 heterocycles. The first-order valence-corrected chi connectivity index (χ1v) is 7.71. The van der Waals surface area contributed by atoms with Gasteiger partial charge in [-0.1, -0.05) is 29.8 Å². The molecule has 0 spiro atoms. The lowest BCUT2D eigenvalue weighted by molar-refractivity contribution is -0.123. The van der Waals surface area contributed by atoms with Crippen LogP contribution in [0.25, 0.3) is 0 Å². The number of ether oxygens (including phenoxy) is 2. The van der Waals surface area contributed by atoms with Gasteiger partial charge in [0, 0.05) is 12.6 Å². The first kappa shape index (κ1) is 18.9. The van der Waals surface area contributed by atoms with E-state index in [2.05, 4.69) is 10.1 Å². The van der Waals surface area contributed by atoms with Crippen LogP contribution < -0.4 is 14.8 Å². The molecule has 1 amide bonds. The largest absolute Gasteiger partial charge is 0.484 e. The Bertz CT molecular complexity index is 728. The lowest BCUT2D eigenvalue weighted by Gasteiger charge is -2.11. The van der Waals surface area contributed by atoms with Gasteiger partial charge in [-0.05, 0) is 30.2 Å². The van der Waals surface area contributed by atoms with E-state index in [4.69, 9.17) is 16.3 Å². The predicted octanol–water partition coefficient (Wildman–Crippen LogP) is 3.82. The second-order valence-corrected chi connectivity index (χ2v) is 5.36. The lowest BCUT2D eigenvalue weighted by atomic mass is 10.1. The molecule has 0 aromatic heterocycles. The van der Waals surface area contributed by atoms with Gasteiger partial charge in [0.15, 0.2) is 6.61 Å². The molecule has 0 saturated carbocycles. The Morgan fingerprint density at radius 3 is 2.68 bits per heavy atom. The Morgan fingerprint density at radius 2 is 1.96 bits per heavy atom. The second-order valence-electron chi connectivity index (χ2n) is 4.95. The van der Waals surface area contributed by atoms with Gasteiger partial charge >= 0.3 is 6.61 Å². The molecule has 2 aromatic rings. The molecule has 0 radical (unpaired) electrons. The third-order valence-electron chi connectivity index (χ3n) is 3.17. The fourth-order valence-electron chi connectivity index (χ4n) is 2.02. The van der Waals surface area contributed by atoms with Crippen LogP contribution in [0.3, 0.4) is 0 Å². The molecule has 0 saturated heterocycles. The monoisotopic (exact) mass is 373 g/mol. The third kappa shape index (κ3) is 6.19. The van der Waals surface area contributed by atoms with Gasteiger partial charge in [-0.2, -0.15) is 8.78 Å². The highest BCUT2D eigenvalue weighted by molar-refractivity contribution is 6.30. The molecule has 4 nitrogen and oxygen atoms in total. The quantitative estimate of drug-likeness (QED) is 0.765. The Labute approximate surface area is 147 Å². The van der Waals surface area contributed by atoms with Gasteiger partial charge < -0.3 is 14.8 Å². The number of rotatable bonds is 8. The van der Waals surface area contributed by atoms with E-state index in [-0.39, 0.29) is 29.7 Å². The number of hydrogen-bond acceptors (Lipinski definition) is 3. The molecule has 1 N–H and O–H groups in total. The zero-order chi connectivity index (χ0) is 18.2. The summed E-state index contributed by atoms with van der Waals surface area (Å²) in [6.07, 6.45) is 0.316. The molecule has 0 atom stereocenters. The number of nitrogens with one attached hydrogen (secondary N) is 1. The van der Waals surface area contributed by atoms with E-state index in [1.165, 1.54) is 18.2 Å². The van der Waals surface area contributed by atoms with E-state index >= 15 is 0 Å². The van der Waals surface area contributed by atoms with Gasteiger partial charge in [-0.25, -0.2) is 4.39 Å². The summed E-state index contributed by atoms with van der Waals surface area (Å²) >= 11 is 5.61. The Kier molecular flexibility index (Phi) is 6.94. The van der Waals surface area contributed by atoms with Crippen molar-refractivity contribution in [1.29, 1.82) is 0 Å². The Balaban J connectivity index is 1.78. The maximum Gasteiger partial charge on any atom is 0.387 e. The van der Waals surface area contributed by atoms with E-state index in [9.17, 15) is 18.0 Å². The molecule has 2 aromatic carbocycles. The number of amides is 1. The summed E-state index contributed by atoms with van der Waals surface area (Å²) in [4.78, 5) is 11.7. The summed E-state index contributed by atoms with van der Waals surface area (Å²) in [7, 11) is 0. The molecule has 0 aliphatic carbocycles. The van der Waals surface area contributed by atoms with Gasteiger partial charge in [0.2, 0.25) is 0 Å². The van der Waals surface area contributed by atoms with Gasteiger partial charge in [-0.15, -0.1) is 0 Å². The van der Waals surface area contributed by atoms with Crippen LogP contribution in [0, 0.1) is 5.82 Å². The minimum Gasteiger partial charge on any atom is -0.484 e. The summed E-state index contributed by atoms with van der Waals surface area (Å²) < 4.78 is 47.3. The summed E-state index contributed by atoms with van der Waals surface area (Å²) in [6.45, 7) is -2.97. The molecule has 8 heteroatoms. The van der Waals surface area contributed by atoms with Crippen LogP contribution in [0.15, 0.2) is 42.5 Å². The highest BCUT2D eigenvalue weighted by Gasteiger charge is 2.10. The van der Waals surface area contributed by atoms with Crippen LogP contribution >= 0.6 is 11.6 Å². The molecule has 0 bridgehead atoms. The molecule has 2 rings (SSSR count). The van der Waals surface area contributed by atoms with Crippen LogP contribution in [-0.2, 0) is 11.2 Å². The molecular formula is C17H15ClF3NO3. The summed E-state index contributed by atoms with van der Waals surface area (Å²) in [5.74, 6) is -0.656. The zero-order valence-electron chi connectivity index (χ0n) is 13.0. The molecule has 0 aliphatic rings. The minimum atomic E-state index is -2.91. The van der Waals surface area contributed by atoms with Crippen LogP contribution in [0.2, 0.25) is 5.02 Å². The van der Waals surface area contributed by atoms with Crippen LogP contribution in [-0.4, -0.2) is 25.7 Å². The average molecular weight is 374 g/mol. The van der Waals surface area contributed by atoms with E-state index in [0.29, 0.717) is 12.0 Å². The number of carbonyl (C=O) groups is 1. The lowest BCUT2D eigenvalue weighted by Crippen LogP contribution is -2.30. The fraction of sp³-hybridized carbons (Fsp3) is 0.235. The molecule has 25 heavy (non-hydrogen) atoms. The second kappa shape index (κ2) is 9.17. The topological polar surface area (TPSA) is 47.6 Å². The predicted molar refractivity (Wildman–Crippen MR) is 86.7 cm³/mol. The van der Waals surface area contributed by atoms with E-state index in [1.807, 2.05) is 0 Å². The molecular weight excluding hydrogens is 359 g/mol. The van der Waals surface area contributed by atoms with Gasteiger partial charge in [0.05, 0.1) is 5.02 Å².